The molecule has 5 heterocycles. The molecule has 3 N–H and O–H groups in total. The third-order valence-corrected chi connectivity index (χ3v) is 7.82. The number of rotatable bonds is 7. The van der Waals surface area contributed by atoms with E-state index in [9.17, 15) is 0 Å². The van der Waals surface area contributed by atoms with Crippen molar-refractivity contribution in [3.63, 3.8) is 0 Å². The molecule has 0 aliphatic heterocycles. The molecule has 5 aromatic rings. The largest absolute Gasteiger partial charge is 0.472 e. The molecule has 0 saturated heterocycles. The molecule has 8 nitrogen and oxygen atoms in total. The highest BCUT2D eigenvalue weighted by atomic mass is 16.3. The first-order valence-corrected chi connectivity index (χ1v) is 13.7. The Bertz CT molecular complexity index is 1680. The van der Waals surface area contributed by atoms with Crippen LogP contribution in [0.2, 0.25) is 0 Å². The zero-order valence-corrected chi connectivity index (χ0v) is 22.0. The van der Waals surface area contributed by atoms with Crippen LogP contribution < -0.4 is 5.32 Å². The summed E-state index contributed by atoms with van der Waals surface area (Å²) in [5.41, 5.74) is 10.6. The van der Waals surface area contributed by atoms with Crippen LogP contribution in [0.15, 0.2) is 71.3 Å². The number of nitrogens with one attached hydrogen (secondary N) is 3. The Morgan fingerprint density at radius 1 is 1.03 bits per heavy atom. The van der Waals surface area contributed by atoms with Crippen LogP contribution in [0.25, 0.3) is 39.4 Å². The van der Waals surface area contributed by atoms with Crippen molar-refractivity contribution >= 4 is 16.6 Å². The highest BCUT2D eigenvalue weighted by molar-refractivity contribution is 5.90. The minimum Gasteiger partial charge on any atom is -0.472 e. The lowest BCUT2D eigenvalue weighted by molar-refractivity contribution is 0.489. The van der Waals surface area contributed by atoms with Crippen LogP contribution in [-0.4, -0.2) is 36.7 Å². The number of aromatic amines is 2. The van der Waals surface area contributed by atoms with Gasteiger partial charge in [-0.15, -0.1) is 0 Å². The topological polar surface area (TPSA) is 108 Å². The van der Waals surface area contributed by atoms with E-state index in [0.717, 1.165) is 75.8 Å². The molecule has 2 aliphatic carbocycles. The van der Waals surface area contributed by atoms with Gasteiger partial charge in [0.05, 0.1) is 29.4 Å². The zero-order valence-electron chi connectivity index (χ0n) is 22.0. The molecule has 8 heteroatoms. The van der Waals surface area contributed by atoms with E-state index in [1.165, 1.54) is 31.3 Å². The third-order valence-electron chi connectivity index (χ3n) is 7.82. The van der Waals surface area contributed by atoms with Crippen molar-refractivity contribution in [3.05, 3.63) is 89.4 Å². The summed E-state index contributed by atoms with van der Waals surface area (Å²) in [6.07, 6.45) is 17.7. The number of allylic oxidation sites excluding steroid dienone is 3. The number of H-pyrrole nitrogens is 2. The molecule has 0 atom stereocenters. The van der Waals surface area contributed by atoms with E-state index in [1.54, 1.807) is 12.5 Å². The van der Waals surface area contributed by atoms with Crippen molar-refractivity contribution in [1.29, 1.82) is 0 Å². The average molecular weight is 518 g/mol. The number of pyridine rings is 2. The minimum atomic E-state index is 0.697. The Balaban J connectivity index is 1.19. The van der Waals surface area contributed by atoms with E-state index in [2.05, 4.69) is 50.6 Å². The molecule has 0 bridgehead atoms. The standard InChI is InChI=1S/C31H31N7O/c1-19-6-7-24(22-10-11-39-18-22)28-27(12-19)35-31(36-28)30-29-26(37-38-30)9-8-25(34-29)23-13-21(16-33-17-23)15-32-14-20-4-2-3-5-20/h6-11,13,16-18,20,32H,2-5,12,14-15H2,1H3,(H,35,36)(H,37,38). The van der Waals surface area contributed by atoms with Crippen molar-refractivity contribution in [1.82, 2.24) is 35.5 Å². The van der Waals surface area contributed by atoms with E-state index in [1.807, 2.05) is 30.6 Å². The predicted molar refractivity (Wildman–Crippen MR) is 152 cm³/mol. The third kappa shape index (κ3) is 4.72. The fourth-order valence-electron chi connectivity index (χ4n) is 5.75. The van der Waals surface area contributed by atoms with E-state index < -0.39 is 0 Å². The molecule has 1 fully saturated rings. The maximum Gasteiger partial charge on any atom is 0.161 e. The maximum absolute atomic E-state index is 5.36. The van der Waals surface area contributed by atoms with Gasteiger partial charge in [-0.3, -0.25) is 10.1 Å². The molecule has 5 aromatic heterocycles. The van der Waals surface area contributed by atoms with Crippen LogP contribution in [0.4, 0.5) is 0 Å². The molecule has 39 heavy (non-hydrogen) atoms. The van der Waals surface area contributed by atoms with Gasteiger partial charge >= 0.3 is 0 Å². The molecule has 2 aliphatic rings. The lowest BCUT2D eigenvalue weighted by Crippen LogP contribution is -2.20. The molecule has 1 saturated carbocycles. The average Bonchev–Trinajstić information content (AvgIpc) is 3.76. The van der Waals surface area contributed by atoms with Crippen molar-refractivity contribution in [2.45, 2.75) is 45.6 Å². The molecule has 196 valence electrons. The summed E-state index contributed by atoms with van der Waals surface area (Å²) in [5.74, 6) is 1.51. The monoisotopic (exact) mass is 517 g/mol. The smallest absolute Gasteiger partial charge is 0.161 e. The van der Waals surface area contributed by atoms with Gasteiger partial charge < -0.3 is 14.7 Å². The number of fused-ring (bicyclic) bond motifs is 2. The minimum absolute atomic E-state index is 0.697. The number of hydrogen-bond acceptors (Lipinski definition) is 6. The maximum atomic E-state index is 5.36. The molecular weight excluding hydrogens is 486 g/mol. The van der Waals surface area contributed by atoms with E-state index in [4.69, 9.17) is 14.4 Å². The highest BCUT2D eigenvalue weighted by Crippen LogP contribution is 2.33. The number of furan rings is 1. The Morgan fingerprint density at radius 2 is 1.95 bits per heavy atom. The first-order valence-electron chi connectivity index (χ1n) is 13.7. The van der Waals surface area contributed by atoms with Gasteiger partial charge in [-0.2, -0.15) is 5.10 Å². The molecule has 0 aromatic carbocycles. The van der Waals surface area contributed by atoms with Gasteiger partial charge in [-0.05, 0) is 62.1 Å². The van der Waals surface area contributed by atoms with Crippen molar-refractivity contribution in [2.75, 3.05) is 6.54 Å². The van der Waals surface area contributed by atoms with Crippen molar-refractivity contribution in [3.8, 4) is 22.8 Å². The van der Waals surface area contributed by atoms with Gasteiger partial charge in [0.2, 0.25) is 0 Å². The molecule has 0 spiro atoms. The molecular formula is C31H31N7O. The van der Waals surface area contributed by atoms with E-state index in [0.29, 0.717) is 11.5 Å². The van der Waals surface area contributed by atoms with Crippen molar-refractivity contribution in [2.24, 2.45) is 5.92 Å². The summed E-state index contributed by atoms with van der Waals surface area (Å²) < 4.78 is 5.36. The van der Waals surface area contributed by atoms with Crippen LogP contribution in [0.5, 0.6) is 0 Å². The Kier molecular flexibility index (Phi) is 6.17. The van der Waals surface area contributed by atoms with Crippen LogP contribution >= 0.6 is 0 Å². The zero-order chi connectivity index (χ0) is 26.2. The summed E-state index contributed by atoms with van der Waals surface area (Å²) in [4.78, 5) is 18.1. The molecule has 0 radical (unpaired) electrons. The fourth-order valence-corrected chi connectivity index (χ4v) is 5.75. The first kappa shape index (κ1) is 23.8. The van der Waals surface area contributed by atoms with Gasteiger partial charge in [-0.25, -0.2) is 9.97 Å². The van der Waals surface area contributed by atoms with Gasteiger partial charge in [0.1, 0.15) is 5.52 Å². The number of hydrogen-bond donors (Lipinski definition) is 3. The summed E-state index contributed by atoms with van der Waals surface area (Å²) in [7, 11) is 0. The lowest BCUT2D eigenvalue weighted by atomic mass is 10.0. The van der Waals surface area contributed by atoms with Crippen LogP contribution in [0, 0.1) is 5.92 Å². The van der Waals surface area contributed by atoms with Crippen LogP contribution in [0.3, 0.4) is 0 Å². The van der Waals surface area contributed by atoms with E-state index in [-0.39, 0.29) is 0 Å². The number of nitrogens with zero attached hydrogens (tertiary/aromatic N) is 4. The second kappa shape index (κ2) is 10.1. The second-order valence-electron chi connectivity index (χ2n) is 10.7. The highest BCUT2D eigenvalue weighted by Gasteiger charge is 2.22. The van der Waals surface area contributed by atoms with Crippen LogP contribution in [0.1, 0.15) is 55.1 Å². The SMILES string of the molecule is CC1=CC=C(c2ccoc2)c2nc(-c3n[nH]c4ccc(-c5cncc(CNCC6CCCC6)c5)nc34)[nH]c2C1. The quantitative estimate of drug-likeness (QED) is 0.237. The Labute approximate surface area is 226 Å². The lowest BCUT2D eigenvalue weighted by Gasteiger charge is -2.11. The number of imidazole rings is 1. The van der Waals surface area contributed by atoms with Crippen LogP contribution in [-0.2, 0) is 13.0 Å². The van der Waals surface area contributed by atoms with Crippen molar-refractivity contribution < 1.29 is 4.42 Å². The normalized spacial score (nSPS) is 15.8. The molecule has 0 unspecified atom stereocenters. The van der Waals surface area contributed by atoms with E-state index >= 15 is 0 Å². The summed E-state index contributed by atoms with van der Waals surface area (Å²) in [6.45, 7) is 4.02. The van der Waals surface area contributed by atoms with Gasteiger partial charge in [0.25, 0.3) is 0 Å². The Morgan fingerprint density at radius 3 is 2.82 bits per heavy atom. The first-order chi connectivity index (χ1) is 19.2. The molecule has 7 rings (SSSR count). The second-order valence-corrected chi connectivity index (χ2v) is 10.7. The predicted octanol–water partition coefficient (Wildman–Crippen LogP) is 6.22. The van der Waals surface area contributed by atoms with Gasteiger partial charge in [0.15, 0.2) is 11.5 Å². The summed E-state index contributed by atoms with van der Waals surface area (Å²) in [5, 5.41) is 11.4. The van der Waals surface area contributed by atoms with Gasteiger partial charge in [-0.1, -0.05) is 30.6 Å². The summed E-state index contributed by atoms with van der Waals surface area (Å²) >= 11 is 0. The summed E-state index contributed by atoms with van der Waals surface area (Å²) in [6, 6.07) is 8.18. The van der Waals surface area contributed by atoms with Gasteiger partial charge in [0, 0.05) is 47.8 Å². The molecule has 0 amide bonds. The fraction of sp³-hybridized carbons (Fsp3) is 0.290. The Hall–Kier alpha value is -4.30. The number of aromatic nitrogens is 6.